The minimum absolute atomic E-state index is 0.0554. The average Bonchev–Trinajstić information content (AvgIpc) is 2.86. The third-order valence-electron chi connectivity index (χ3n) is 5.78. The standard InChI is InChI=1S/C21H28N4O2/c1-16-9-8-13-24(15-16)20(26)18-17-10-4-7-14-25(17)19(22-18)21(27)23-11-5-2-3-6-12-23/h4,7,10,14,16H,2-3,5-6,8-9,11-13,15H2,1H3. The van der Waals surface area contributed by atoms with E-state index in [4.69, 9.17) is 0 Å². The zero-order valence-electron chi connectivity index (χ0n) is 16.1. The average molecular weight is 368 g/mol. The summed E-state index contributed by atoms with van der Waals surface area (Å²) in [6.45, 7) is 5.25. The van der Waals surface area contributed by atoms with Crippen molar-refractivity contribution in [2.75, 3.05) is 26.2 Å². The normalized spacial score (nSPS) is 21.3. The van der Waals surface area contributed by atoms with Crippen molar-refractivity contribution in [3.63, 3.8) is 0 Å². The van der Waals surface area contributed by atoms with Gasteiger partial charge in [-0.05, 0) is 43.7 Å². The van der Waals surface area contributed by atoms with Gasteiger partial charge in [0.15, 0.2) is 5.69 Å². The molecule has 0 N–H and O–H groups in total. The molecule has 144 valence electrons. The summed E-state index contributed by atoms with van der Waals surface area (Å²) in [5.41, 5.74) is 1.13. The molecule has 1 atom stereocenters. The van der Waals surface area contributed by atoms with Crippen LogP contribution in [-0.4, -0.2) is 57.2 Å². The molecule has 27 heavy (non-hydrogen) atoms. The van der Waals surface area contributed by atoms with Crippen LogP contribution in [-0.2, 0) is 0 Å². The van der Waals surface area contributed by atoms with Crippen LogP contribution in [0.3, 0.4) is 0 Å². The monoisotopic (exact) mass is 368 g/mol. The molecular formula is C21H28N4O2. The van der Waals surface area contributed by atoms with Crippen molar-refractivity contribution in [3.8, 4) is 0 Å². The Kier molecular flexibility index (Phi) is 5.14. The molecule has 4 rings (SSSR count). The van der Waals surface area contributed by atoms with E-state index in [9.17, 15) is 9.59 Å². The highest BCUT2D eigenvalue weighted by Crippen LogP contribution is 2.22. The summed E-state index contributed by atoms with van der Waals surface area (Å²) in [4.78, 5) is 34.7. The number of fused-ring (bicyclic) bond motifs is 1. The van der Waals surface area contributed by atoms with E-state index in [1.54, 1.807) is 4.40 Å². The van der Waals surface area contributed by atoms with Gasteiger partial charge in [-0.15, -0.1) is 0 Å². The highest BCUT2D eigenvalue weighted by Gasteiger charge is 2.29. The van der Waals surface area contributed by atoms with Gasteiger partial charge in [0.25, 0.3) is 11.8 Å². The molecule has 2 aliphatic heterocycles. The van der Waals surface area contributed by atoms with Gasteiger partial charge in [0.2, 0.25) is 5.82 Å². The summed E-state index contributed by atoms with van der Waals surface area (Å²) in [7, 11) is 0. The summed E-state index contributed by atoms with van der Waals surface area (Å²) in [5, 5.41) is 0. The van der Waals surface area contributed by atoms with Gasteiger partial charge in [-0.1, -0.05) is 25.8 Å². The number of piperidine rings is 1. The van der Waals surface area contributed by atoms with E-state index in [1.165, 1.54) is 12.8 Å². The lowest BCUT2D eigenvalue weighted by molar-refractivity contribution is 0.0679. The first kappa shape index (κ1) is 18.0. The van der Waals surface area contributed by atoms with Crippen molar-refractivity contribution >= 4 is 17.3 Å². The first-order chi connectivity index (χ1) is 13.1. The number of amides is 2. The van der Waals surface area contributed by atoms with Gasteiger partial charge in [0.1, 0.15) is 0 Å². The lowest BCUT2D eigenvalue weighted by atomic mass is 10.00. The predicted molar refractivity (Wildman–Crippen MR) is 104 cm³/mol. The number of nitrogens with zero attached hydrogens (tertiary/aromatic N) is 4. The van der Waals surface area contributed by atoms with Crippen molar-refractivity contribution in [1.29, 1.82) is 0 Å². The van der Waals surface area contributed by atoms with Crippen molar-refractivity contribution < 1.29 is 9.59 Å². The van der Waals surface area contributed by atoms with Crippen molar-refractivity contribution in [2.45, 2.75) is 45.4 Å². The Bertz CT molecular complexity index is 788. The van der Waals surface area contributed by atoms with Gasteiger partial charge in [0.05, 0.1) is 5.52 Å². The number of carbonyl (C=O) groups excluding carboxylic acids is 2. The van der Waals surface area contributed by atoms with E-state index in [0.717, 1.165) is 57.4 Å². The highest BCUT2D eigenvalue weighted by molar-refractivity contribution is 6.02. The Hall–Kier alpha value is -2.37. The maximum atomic E-state index is 13.2. The molecule has 2 aliphatic rings. The van der Waals surface area contributed by atoms with Gasteiger partial charge in [-0.25, -0.2) is 4.98 Å². The summed E-state index contributed by atoms with van der Waals surface area (Å²) < 4.78 is 1.79. The molecule has 0 aromatic carbocycles. The molecule has 6 heteroatoms. The minimum Gasteiger partial charge on any atom is -0.337 e. The van der Waals surface area contributed by atoms with E-state index in [0.29, 0.717) is 17.4 Å². The van der Waals surface area contributed by atoms with Crippen LogP contribution in [0.1, 0.15) is 66.6 Å². The van der Waals surface area contributed by atoms with Crippen LogP contribution in [0.25, 0.3) is 5.52 Å². The molecule has 2 fully saturated rings. The fourth-order valence-electron chi connectivity index (χ4n) is 4.28. The first-order valence-electron chi connectivity index (χ1n) is 10.2. The molecule has 2 amide bonds. The third kappa shape index (κ3) is 3.57. The topological polar surface area (TPSA) is 57.9 Å². The molecule has 2 aromatic rings. The van der Waals surface area contributed by atoms with Gasteiger partial charge >= 0.3 is 0 Å². The second kappa shape index (κ2) is 7.71. The van der Waals surface area contributed by atoms with Crippen LogP contribution in [0.15, 0.2) is 24.4 Å². The number of rotatable bonds is 2. The predicted octanol–water partition coefficient (Wildman–Crippen LogP) is 3.22. The van der Waals surface area contributed by atoms with E-state index in [-0.39, 0.29) is 11.8 Å². The SMILES string of the molecule is CC1CCCN(C(=O)c2nc(C(=O)N3CCCCCC3)n3ccccc23)C1. The fourth-order valence-corrected chi connectivity index (χ4v) is 4.28. The molecule has 0 aliphatic carbocycles. The van der Waals surface area contributed by atoms with E-state index in [1.807, 2.05) is 34.2 Å². The number of carbonyl (C=O) groups is 2. The van der Waals surface area contributed by atoms with E-state index >= 15 is 0 Å². The summed E-state index contributed by atoms with van der Waals surface area (Å²) in [6.07, 6.45) is 8.43. The van der Waals surface area contributed by atoms with E-state index < -0.39 is 0 Å². The Morgan fingerprint density at radius 2 is 1.70 bits per heavy atom. The Balaban J connectivity index is 1.68. The Morgan fingerprint density at radius 1 is 0.963 bits per heavy atom. The molecule has 0 saturated carbocycles. The lowest BCUT2D eigenvalue weighted by Gasteiger charge is -2.30. The van der Waals surface area contributed by atoms with Crippen molar-refractivity contribution in [3.05, 3.63) is 35.9 Å². The molecule has 0 radical (unpaired) electrons. The summed E-state index contributed by atoms with van der Waals surface area (Å²) in [5.74, 6) is 0.750. The van der Waals surface area contributed by atoms with Crippen LogP contribution in [0.5, 0.6) is 0 Å². The molecule has 2 saturated heterocycles. The summed E-state index contributed by atoms with van der Waals surface area (Å²) >= 11 is 0. The second-order valence-electron chi connectivity index (χ2n) is 7.94. The Morgan fingerprint density at radius 3 is 2.44 bits per heavy atom. The molecule has 0 spiro atoms. The Labute approximate surface area is 160 Å². The second-order valence-corrected chi connectivity index (χ2v) is 7.94. The van der Waals surface area contributed by atoms with Crippen LogP contribution in [0.4, 0.5) is 0 Å². The van der Waals surface area contributed by atoms with Crippen LogP contribution in [0, 0.1) is 5.92 Å². The zero-order valence-corrected chi connectivity index (χ0v) is 16.1. The van der Waals surface area contributed by atoms with Gasteiger partial charge in [0, 0.05) is 32.4 Å². The number of hydrogen-bond donors (Lipinski definition) is 0. The minimum atomic E-state index is -0.0656. The zero-order chi connectivity index (χ0) is 18.8. The lowest BCUT2D eigenvalue weighted by Crippen LogP contribution is -2.39. The first-order valence-corrected chi connectivity index (χ1v) is 10.2. The van der Waals surface area contributed by atoms with Crippen LogP contribution >= 0.6 is 0 Å². The molecule has 0 bridgehead atoms. The summed E-state index contributed by atoms with van der Waals surface area (Å²) in [6, 6.07) is 5.66. The van der Waals surface area contributed by atoms with Gasteiger partial charge in [-0.3, -0.25) is 14.0 Å². The van der Waals surface area contributed by atoms with Crippen molar-refractivity contribution in [2.24, 2.45) is 5.92 Å². The largest absolute Gasteiger partial charge is 0.337 e. The van der Waals surface area contributed by atoms with Crippen molar-refractivity contribution in [1.82, 2.24) is 19.2 Å². The molecule has 6 nitrogen and oxygen atoms in total. The third-order valence-corrected chi connectivity index (χ3v) is 5.78. The molecule has 1 unspecified atom stereocenters. The maximum Gasteiger partial charge on any atom is 0.290 e. The number of pyridine rings is 1. The number of hydrogen-bond acceptors (Lipinski definition) is 3. The fraction of sp³-hybridized carbons (Fsp3) is 0.571. The van der Waals surface area contributed by atoms with Crippen LogP contribution in [0.2, 0.25) is 0 Å². The van der Waals surface area contributed by atoms with Gasteiger partial charge in [-0.2, -0.15) is 0 Å². The quantitative estimate of drug-likeness (QED) is 0.818. The molecular weight excluding hydrogens is 340 g/mol. The maximum absolute atomic E-state index is 13.2. The smallest absolute Gasteiger partial charge is 0.290 e. The molecule has 4 heterocycles. The molecule has 2 aromatic heterocycles. The van der Waals surface area contributed by atoms with E-state index in [2.05, 4.69) is 11.9 Å². The number of imidazole rings is 1. The van der Waals surface area contributed by atoms with Crippen LogP contribution < -0.4 is 0 Å². The number of aromatic nitrogens is 2. The van der Waals surface area contributed by atoms with Gasteiger partial charge < -0.3 is 9.80 Å². The highest BCUT2D eigenvalue weighted by atomic mass is 16.2. The number of likely N-dealkylation sites (tertiary alicyclic amines) is 2.